The van der Waals surface area contributed by atoms with Gasteiger partial charge in [-0.15, -0.1) is 0 Å². The van der Waals surface area contributed by atoms with Crippen molar-refractivity contribution in [1.29, 1.82) is 0 Å². The Labute approximate surface area is 200 Å². The summed E-state index contributed by atoms with van der Waals surface area (Å²) in [6.45, 7) is 0. The number of aromatic nitrogens is 3. The molecule has 5 rings (SSSR count). The predicted molar refractivity (Wildman–Crippen MR) is 129 cm³/mol. The fourth-order valence-electron chi connectivity index (χ4n) is 3.41. The molecule has 0 fully saturated rings. The molecule has 0 N–H and O–H groups in total. The van der Waals surface area contributed by atoms with Crippen LogP contribution in [0.1, 0.15) is 0 Å². The number of hydrogen-bond acceptors (Lipinski definition) is 5. The Morgan fingerprint density at radius 3 is 2.39 bits per heavy atom. The lowest BCUT2D eigenvalue weighted by molar-refractivity contribution is 0.465. The lowest BCUT2D eigenvalue weighted by Gasteiger charge is -2.11. The number of pyridine rings is 1. The molecule has 0 aliphatic rings. The first-order chi connectivity index (χ1) is 15.9. The van der Waals surface area contributed by atoms with Gasteiger partial charge in [-0.1, -0.05) is 71.7 Å². The molecule has 0 saturated carbocycles. The van der Waals surface area contributed by atoms with E-state index in [2.05, 4.69) is 10.1 Å². The quantitative estimate of drug-likeness (QED) is 0.273. The molecule has 164 valence electrons. The highest BCUT2D eigenvalue weighted by Gasteiger charge is 2.24. The maximum Gasteiger partial charge on any atom is 0.342 e. The first-order valence-corrected chi connectivity index (χ1v) is 12.0. The zero-order valence-electron chi connectivity index (χ0n) is 16.9. The molecule has 0 radical (unpaired) electrons. The van der Waals surface area contributed by atoms with Crippen LogP contribution >= 0.6 is 23.2 Å². The highest BCUT2D eigenvalue weighted by Crippen LogP contribution is 2.32. The average molecular weight is 496 g/mol. The van der Waals surface area contributed by atoms with Crippen molar-refractivity contribution in [2.24, 2.45) is 0 Å². The smallest absolute Gasteiger partial charge is 0.342 e. The fourth-order valence-corrected chi connectivity index (χ4v) is 4.79. The molecule has 33 heavy (non-hydrogen) atoms. The van der Waals surface area contributed by atoms with Crippen molar-refractivity contribution in [2.75, 3.05) is 0 Å². The Bertz CT molecular complexity index is 1580. The van der Waals surface area contributed by atoms with Crippen molar-refractivity contribution in [2.45, 2.75) is 4.90 Å². The second-order valence-electron chi connectivity index (χ2n) is 7.11. The summed E-state index contributed by atoms with van der Waals surface area (Å²) in [7, 11) is -4.24. The third kappa shape index (κ3) is 4.18. The van der Waals surface area contributed by atoms with Crippen LogP contribution in [0.5, 0.6) is 5.88 Å². The third-order valence-corrected chi connectivity index (χ3v) is 6.95. The Balaban J connectivity index is 1.65. The highest BCUT2D eigenvalue weighted by atomic mass is 35.5. The van der Waals surface area contributed by atoms with Gasteiger partial charge in [0.25, 0.3) is 0 Å². The fraction of sp³-hybridized carbons (Fsp3) is 0. The molecule has 0 amide bonds. The molecule has 9 heteroatoms. The molecule has 0 saturated heterocycles. The third-order valence-electron chi connectivity index (χ3n) is 4.95. The second kappa shape index (κ2) is 8.51. The first kappa shape index (κ1) is 21.5. The number of fused-ring (bicyclic) bond motifs is 1. The largest absolute Gasteiger partial charge is 0.358 e. The van der Waals surface area contributed by atoms with Gasteiger partial charge >= 0.3 is 10.1 Å². The van der Waals surface area contributed by atoms with E-state index in [-0.39, 0.29) is 10.8 Å². The van der Waals surface area contributed by atoms with Crippen molar-refractivity contribution in [3.8, 4) is 22.8 Å². The standard InChI is InChI=1S/C24H15Cl2N3O3S/c25-19-12-11-18(14-20(19)26)29-23(15-21(28-29)16-6-2-1-3-7-16)32-33(30,31)22-10-4-8-17-9-5-13-27-24(17)22/h1-15H. The normalized spacial score (nSPS) is 11.6. The minimum Gasteiger partial charge on any atom is -0.358 e. The maximum absolute atomic E-state index is 13.3. The molecule has 2 aromatic heterocycles. The van der Waals surface area contributed by atoms with Gasteiger partial charge in [-0.2, -0.15) is 18.2 Å². The molecule has 0 spiro atoms. The molecule has 0 atom stereocenters. The molecule has 0 aliphatic carbocycles. The lowest BCUT2D eigenvalue weighted by Crippen LogP contribution is -2.13. The van der Waals surface area contributed by atoms with Gasteiger partial charge in [0, 0.05) is 23.2 Å². The van der Waals surface area contributed by atoms with Crippen molar-refractivity contribution >= 4 is 44.2 Å². The van der Waals surface area contributed by atoms with Crippen LogP contribution in [-0.2, 0) is 10.1 Å². The van der Waals surface area contributed by atoms with Crippen molar-refractivity contribution in [3.05, 3.63) is 101 Å². The summed E-state index contributed by atoms with van der Waals surface area (Å²) in [6, 6.07) is 24.2. The van der Waals surface area contributed by atoms with Gasteiger partial charge in [-0.3, -0.25) is 4.98 Å². The predicted octanol–water partition coefficient (Wildman–Crippen LogP) is 6.16. The van der Waals surface area contributed by atoms with E-state index in [1.807, 2.05) is 30.3 Å². The van der Waals surface area contributed by atoms with Gasteiger partial charge in [-0.05, 0) is 30.3 Å². The van der Waals surface area contributed by atoms with Gasteiger partial charge in [0.05, 0.1) is 26.9 Å². The number of benzene rings is 3. The van der Waals surface area contributed by atoms with Gasteiger partial charge in [0.2, 0.25) is 5.88 Å². The van der Waals surface area contributed by atoms with E-state index in [9.17, 15) is 8.42 Å². The van der Waals surface area contributed by atoms with Crippen LogP contribution in [0.4, 0.5) is 0 Å². The Kier molecular flexibility index (Phi) is 5.54. The molecule has 0 unspecified atom stereocenters. The summed E-state index contributed by atoms with van der Waals surface area (Å²) in [5, 5.41) is 5.93. The van der Waals surface area contributed by atoms with Crippen LogP contribution in [0, 0.1) is 0 Å². The molecule has 3 aromatic carbocycles. The van der Waals surface area contributed by atoms with Gasteiger partial charge < -0.3 is 4.18 Å². The van der Waals surface area contributed by atoms with Crippen LogP contribution in [0.3, 0.4) is 0 Å². The minimum absolute atomic E-state index is 0.000163. The molecule has 0 aliphatic heterocycles. The zero-order valence-corrected chi connectivity index (χ0v) is 19.2. The summed E-state index contributed by atoms with van der Waals surface area (Å²) in [4.78, 5) is 4.19. The highest BCUT2D eigenvalue weighted by molar-refractivity contribution is 7.87. The second-order valence-corrected chi connectivity index (χ2v) is 9.44. The maximum atomic E-state index is 13.3. The first-order valence-electron chi connectivity index (χ1n) is 9.81. The van der Waals surface area contributed by atoms with Gasteiger partial charge in [0.15, 0.2) is 0 Å². The SMILES string of the molecule is O=S(=O)(Oc1cc(-c2ccccc2)nn1-c1ccc(Cl)c(Cl)c1)c1cccc2cccnc12. The van der Waals surface area contributed by atoms with E-state index in [1.54, 1.807) is 48.5 Å². The van der Waals surface area contributed by atoms with E-state index >= 15 is 0 Å². The van der Waals surface area contributed by atoms with Crippen molar-refractivity contribution in [3.63, 3.8) is 0 Å². The topological polar surface area (TPSA) is 74.1 Å². The zero-order chi connectivity index (χ0) is 23.0. The van der Waals surface area contributed by atoms with Crippen LogP contribution in [0.25, 0.3) is 27.8 Å². The molecular formula is C24H15Cl2N3O3S. The minimum atomic E-state index is -4.24. The van der Waals surface area contributed by atoms with E-state index in [0.29, 0.717) is 32.3 Å². The summed E-state index contributed by atoms with van der Waals surface area (Å²) in [5.41, 5.74) is 2.14. The summed E-state index contributed by atoms with van der Waals surface area (Å²) < 4.78 is 33.6. The van der Waals surface area contributed by atoms with Gasteiger partial charge in [0.1, 0.15) is 4.90 Å². The Morgan fingerprint density at radius 2 is 1.61 bits per heavy atom. The summed E-state index contributed by atoms with van der Waals surface area (Å²) in [6.07, 6.45) is 1.54. The van der Waals surface area contributed by atoms with Crippen molar-refractivity contribution < 1.29 is 12.6 Å². The van der Waals surface area contributed by atoms with E-state index in [1.165, 1.54) is 16.9 Å². The van der Waals surface area contributed by atoms with Crippen LogP contribution in [-0.4, -0.2) is 23.2 Å². The van der Waals surface area contributed by atoms with Gasteiger partial charge in [-0.25, -0.2) is 0 Å². The summed E-state index contributed by atoms with van der Waals surface area (Å²) in [5.74, 6) is 0.000163. The molecule has 5 aromatic rings. The lowest BCUT2D eigenvalue weighted by atomic mass is 10.2. The number of hydrogen-bond donors (Lipinski definition) is 0. The molecule has 0 bridgehead atoms. The molecule has 2 heterocycles. The van der Waals surface area contributed by atoms with Crippen LogP contribution in [0.15, 0.2) is 96.0 Å². The number of para-hydroxylation sites is 1. The number of rotatable bonds is 5. The average Bonchev–Trinajstić information content (AvgIpc) is 3.24. The van der Waals surface area contributed by atoms with E-state index < -0.39 is 10.1 Å². The van der Waals surface area contributed by atoms with Crippen molar-refractivity contribution in [1.82, 2.24) is 14.8 Å². The van der Waals surface area contributed by atoms with E-state index in [0.717, 1.165) is 5.56 Å². The Morgan fingerprint density at radius 1 is 0.818 bits per heavy atom. The monoisotopic (exact) mass is 495 g/mol. The van der Waals surface area contributed by atoms with Crippen LogP contribution in [0.2, 0.25) is 10.0 Å². The van der Waals surface area contributed by atoms with Crippen LogP contribution < -0.4 is 4.18 Å². The number of halogens is 2. The van der Waals surface area contributed by atoms with E-state index in [4.69, 9.17) is 27.4 Å². The molecular weight excluding hydrogens is 481 g/mol. The number of nitrogens with zero attached hydrogens (tertiary/aromatic N) is 3. The summed E-state index contributed by atoms with van der Waals surface area (Å²) >= 11 is 12.2. The Hall–Kier alpha value is -3.39. The molecule has 6 nitrogen and oxygen atoms in total.